The normalized spacial score (nSPS) is 13.4. The first kappa shape index (κ1) is 15.9. The molecule has 0 radical (unpaired) electrons. The predicted molar refractivity (Wildman–Crippen MR) is 67.9 cm³/mol. The molecule has 1 aromatic carbocycles. The van der Waals surface area contributed by atoms with Crippen LogP contribution in [0.25, 0.3) is 0 Å². The Labute approximate surface area is 114 Å². The topological polar surface area (TPSA) is 142 Å². The van der Waals surface area contributed by atoms with Gasteiger partial charge in [0, 0.05) is 0 Å². The summed E-state index contributed by atoms with van der Waals surface area (Å²) in [7, 11) is 1.40. The Morgan fingerprint density at radius 3 is 2.55 bits per heavy atom. The van der Waals surface area contributed by atoms with Crippen molar-refractivity contribution in [2.75, 3.05) is 7.11 Å². The minimum Gasteiger partial charge on any atom is -0.497 e. The number of carbonyl (C=O) groups excluding carboxylic acids is 1. The Hall–Kier alpha value is -2.16. The number of amides is 1. The third-order valence-electron chi connectivity index (χ3n) is 2.70. The van der Waals surface area contributed by atoms with Crippen LogP contribution in [-0.4, -0.2) is 40.4 Å². The number of benzene rings is 1. The van der Waals surface area contributed by atoms with Crippen molar-refractivity contribution in [3.8, 4) is 5.75 Å². The molecule has 0 saturated heterocycles. The number of aliphatic hydroxyl groups is 2. The second kappa shape index (κ2) is 6.85. The van der Waals surface area contributed by atoms with E-state index in [2.05, 4.69) is 0 Å². The highest BCUT2D eigenvalue weighted by atomic mass is 16.5. The molecule has 0 spiro atoms. The number of carboxylic acids is 1. The predicted octanol–water partition coefficient (Wildman–Crippen LogP) is -0.832. The summed E-state index contributed by atoms with van der Waals surface area (Å²) in [6.07, 6.45) is -3.74. The number of ether oxygens (including phenoxy) is 1. The number of aliphatic hydroxyl groups excluding tert-OH is 2. The van der Waals surface area contributed by atoms with Gasteiger partial charge in [-0.1, -0.05) is 6.07 Å². The lowest BCUT2D eigenvalue weighted by molar-refractivity contribution is -0.141. The molecule has 20 heavy (non-hydrogen) atoms. The standard InChI is InChI=1S/C12H16N2O6/c1-20-6-2-3-7(8(4-6)12(19)14-13)11(18)9(15)5-10(16)17/h2-4,9,11,15,18H,5,13H2,1H3,(H,14,19)(H,16,17). The van der Waals surface area contributed by atoms with Crippen LogP contribution >= 0.6 is 0 Å². The van der Waals surface area contributed by atoms with E-state index in [4.69, 9.17) is 15.7 Å². The van der Waals surface area contributed by atoms with E-state index in [9.17, 15) is 19.8 Å². The van der Waals surface area contributed by atoms with Gasteiger partial charge in [0.1, 0.15) is 11.9 Å². The first-order chi connectivity index (χ1) is 9.40. The van der Waals surface area contributed by atoms with E-state index in [0.29, 0.717) is 5.75 Å². The van der Waals surface area contributed by atoms with Gasteiger partial charge in [-0.2, -0.15) is 0 Å². The first-order valence-electron chi connectivity index (χ1n) is 5.67. The summed E-state index contributed by atoms with van der Waals surface area (Å²) < 4.78 is 4.95. The van der Waals surface area contributed by atoms with Crippen molar-refractivity contribution >= 4 is 11.9 Å². The first-order valence-corrected chi connectivity index (χ1v) is 5.67. The van der Waals surface area contributed by atoms with Crippen LogP contribution in [0.4, 0.5) is 0 Å². The highest BCUT2D eigenvalue weighted by Crippen LogP contribution is 2.26. The van der Waals surface area contributed by atoms with E-state index in [1.807, 2.05) is 5.43 Å². The third-order valence-corrected chi connectivity index (χ3v) is 2.70. The van der Waals surface area contributed by atoms with Crippen molar-refractivity contribution in [3.05, 3.63) is 29.3 Å². The van der Waals surface area contributed by atoms with E-state index < -0.39 is 30.5 Å². The van der Waals surface area contributed by atoms with Crippen LogP contribution in [0.5, 0.6) is 5.75 Å². The minimum atomic E-state index is -1.55. The minimum absolute atomic E-state index is 0.0104. The molecule has 8 heteroatoms. The zero-order valence-corrected chi connectivity index (χ0v) is 10.7. The molecule has 1 rings (SSSR count). The summed E-state index contributed by atoms with van der Waals surface area (Å²) in [6.45, 7) is 0. The smallest absolute Gasteiger partial charge is 0.306 e. The summed E-state index contributed by atoms with van der Waals surface area (Å²) in [5.41, 5.74) is 1.95. The van der Waals surface area contributed by atoms with Gasteiger partial charge < -0.3 is 20.1 Å². The number of nitrogens with one attached hydrogen (secondary N) is 1. The lowest BCUT2D eigenvalue weighted by Gasteiger charge is -2.19. The van der Waals surface area contributed by atoms with Gasteiger partial charge in [-0.15, -0.1) is 0 Å². The van der Waals surface area contributed by atoms with Gasteiger partial charge in [-0.25, -0.2) is 5.84 Å². The second-order valence-corrected chi connectivity index (χ2v) is 4.04. The molecule has 0 fully saturated rings. The number of hydrazine groups is 1. The Balaban J connectivity index is 3.15. The van der Waals surface area contributed by atoms with Crippen LogP contribution in [0.3, 0.4) is 0 Å². The lowest BCUT2D eigenvalue weighted by atomic mass is 9.96. The van der Waals surface area contributed by atoms with Crippen molar-refractivity contribution in [1.29, 1.82) is 0 Å². The van der Waals surface area contributed by atoms with Crippen LogP contribution in [0.2, 0.25) is 0 Å². The number of hydrogen-bond donors (Lipinski definition) is 5. The van der Waals surface area contributed by atoms with Crippen molar-refractivity contribution in [3.63, 3.8) is 0 Å². The van der Waals surface area contributed by atoms with Gasteiger partial charge in [0.2, 0.25) is 0 Å². The number of carboxylic acid groups (broad SMARTS) is 1. The van der Waals surface area contributed by atoms with Crippen LogP contribution < -0.4 is 16.0 Å². The fourth-order valence-electron chi connectivity index (χ4n) is 1.69. The van der Waals surface area contributed by atoms with Gasteiger partial charge in [-0.05, 0) is 17.7 Å². The summed E-state index contributed by atoms with van der Waals surface area (Å²) in [5, 5.41) is 28.2. The van der Waals surface area contributed by atoms with Crippen molar-refractivity contribution in [2.45, 2.75) is 18.6 Å². The molecule has 0 aliphatic heterocycles. The molecule has 1 amide bonds. The molecule has 0 aliphatic rings. The van der Waals surface area contributed by atoms with E-state index in [-0.39, 0.29) is 11.1 Å². The molecular weight excluding hydrogens is 268 g/mol. The summed E-state index contributed by atoms with van der Waals surface area (Å²) in [5.74, 6) is 3.43. The largest absolute Gasteiger partial charge is 0.497 e. The fraction of sp³-hybridized carbons (Fsp3) is 0.333. The molecule has 8 nitrogen and oxygen atoms in total. The maximum Gasteiger partial charge on any atom is 0.306 e. The van der Waals surface area contributed by atoms with Gasteiger partial charge in [0.25, 0.3) is 5.91 Å². The van der Waals surface area contributed by atoms with Crippen molar-refractivity contribution < 1.29 is 29.6 Å². The monoisotopic (exact) mass is 284 g/mol. The number of carbonyl (C=O) groups is 2. The molecule has 0 saturated carbocycles. The molecule has 0 aromatic heterocycles. The quantitative estimate of drug-likeness (QED) is 0.260. The average molecular weight is 284 g/mol. The number of hydrogen-bond acceptors (Lipinski definition) is 6. The SMILES string of the molecule is COc1ccc(C(O)C(O)CC(=O)O)c(C(=O)NN)c1. The molecular formula is C12H16N2O6. The number of methoxy groups -OCH3 is 1. The molecule has 1 aromatic rings. The zero-order valence-electron chi connectivity index (χ0n) is 10.7. The molecule has 110 valence electrons. The molecule has 0 aliphatic carbocycles. The molecule has 0 bridgehead atoms. The molecule has 2 atom stereocenters. The van der Waals surface area contributed by atoms with Crippen molar-refractivity contribution in [1.82, 2.24) is 5.43 Å². The third kappa shape index (κ3) is 3.67. The van der Waals surface area contributed by atoms with Crippen LogP contribution in [-0.2, 0) is 4.79 Å². The van der Waals surface area contributed by atoms with Gasteiger partial charge in [0.05, 0.1) is 25.2 Å². The second-order valence-electron chi connectivity index (χ2n) is 4.04. The molecule has 2 unspecified atom stereocenters. The summed E-state index contributed by atoms with van der Waals surface area (Å²) >= 11 is 0. The summed E-state index contributed by atoms with van der Waals surface area (Å²) in [6, 6.07) is 4.16. The Morgan fingerprint density at radius 1 is 1.40 bits per heavy atom. The zero-order chi connectivity index (χ0) is 15.3. The Bertz CT molecular complexity index is 505. The number of nitrogen functional groups attached to an aromatic ring is 1. The van der Waals surface area contributed by atoms with Gasteiger partial charge >= 0.3 is 5.97 Å². The van der Waals surface area contributed by atoms with Crippen LogP contribution in [0.15, 0.2) is 18.2 Å². The number of nitrogens with two attached hydrogens (primary N) is 1. The van der Waals surface area contributed by atoms with Crippen LogP contribution in [0, 0.1) is 0 Å². The maximum atomic E-state index is 11.7. The lowest BCUT2D eigenvalue weighted by Crippen LogP contribution is -2.32. The van der Waals surface area contributed by atoms with Gasteiger partial charge in [0.15, 0.2) is 0 Å². The van der Waals surface area contributed by atoms with E-state index in [1.54, 1.807) is 0 Å². The molecule has 0 heterocycles. The van der Waals surface area contributed by atoms with Gasteiger partial charge in [-0.3, -0.25) is 15.0 Å². The Morgan fingerprint density at radius 2 is 2.05 bits per heavy atom. The van der Waals surface area contributed by atoms with Crippen molar-refractivity contribution in [2.24, 2.45) is 5.84 Å². The maximum absolute atomic E-state index is 11.7. The Kier molecular flexibility index (Phi) is 5.44. The molecule has 6 N–H and O–H groups in total. The number of aliphatic carboxylic acids is 1. The highest BCUT2D eigenvalue weighted by Gasteiger charge is 2.25. The van der Waals surface area contributed by atoms with E-state index >= 15 is 0 Å². The van der Waals surface area contributed by atoms with E-state index in [1.165, 1.54) is 25.3 Å². The number of rotatable bonds is 6. The fourth-order valence-corrected chi connectivity index (χ4v) is 1.69. The average Bonchev–Trinajstić information content (AvgIpc) is 2.44. The van der Waals surface area contributed by atoms with Crippen LogP contribution in [0.1, 0.15) is 28.4 Å². The highest BCUT2D eigenvalue weighted by molar-refractivity contribution is 5.95. The summed E-state index contributed by atoms with van der Waals surface area (Å²) in [4.78, 5) is 22.2. The van der Waals surface area contributed by atoms with E-state index in [0.717, 1.165) is 0 Å².